The number of benzene rings is 1. The summed E-state index contributed by atoms with van der Waals surface area (Å²) in [4.78, 5) is 28.7. The molecule has 1 aliphatic rings. The molecule has 1 aliphatic heterocycles. The van der Waals surface area contributed by atoms with E-state index in [1.54, 1.807) is 4.68 Å². The molecule has 13 heteroatoms. The van der Waals surface area contributed by atoms with Gasteiger partial charge in [-0.05, 0) is 42.2 Å². The number of hydrogen-bond donors (Lipinski definition) is 4. The molecule has 2 aromatic heterocycles. The summed E-state index contributed by atoms with van der Waals surface area (Å²) in [6.45, 7) is 0.910. The summed E-state index contributed by atoms with van der Waals surface area (Å²) in [5.74, 6) is -2.19. The molecule has 3 heterocycles. The fourth-order valence-electron chi connectivity index (χ4n) is 3.87. The monoisotopic (exact) mass is 530 g/mol. The van der Waals surface area contributed by atoms with Gasteiger partial charge < -0.3 is 15.7 Å². The Morgan fingerprint density at radius 2 is 1.97 bits per heavy atom. The number of hydrogen-bond acceptors (Lipinski definition) is 7. The van der Waals surface area contributed by atoms with Crippen LogP contribution in [0.25, 0.3) is 0 Å². The largest absolute Gasteiger partial charge is 0.480 e. The molecule has 0 radical (unpaired) electrons. The van der Waals surface area contributed by atoms with E-state index in [4.69, 9.17) is 0 Å². The zero-order valence-electron chi connectivity index (χ0n) is 19.9. The number of carbonyl (C=O) groups is 2. The van der Waals surface area contributed by atoms with E-state index in [9.17, 15) is 27.5 Å². The van der Waals surface area contributed by atoms with Gasteiger partial charge in [0, 0.05) is 37.9 Å². The average molecular weight is 531 g/mol. The standard InChI is InChI=1S/C24H27FN6O5S/c25-19-6-3-16(4-7-19)15-37(35,36)30-21(24(33)34)13-27-23(32)18-12-28-31(14-18)11-9-20-8-5-17-2-1-10-26-22(17)29-20/h3-8,12,14,21,30H,1-2,9-11,13,15H2,(H,26,29)(H,27,32)(H,33,34)/t21-/m0/s1. The summed E-state index contributed by atoms with van der Waals surface area (Å²) in [6.07, 6.45) is 5.58. The number of aryl methyl sites for hydroxylation is 3. The number of carbonyl (C=O) groups excluding carboxylic acids is 1. The Bertz CT molecular complexity index is 1380. The third-order valence-corrected chi connectivity index (χ3v) is 7.16. The minimum absolute atomic E-state index is 0.207. The first-order valence-corrected chi connectivity index (χ1v) is 13.3. The number of amides is 1. The highest BCUT2D eigenvalue weighted by Gasteiger charge is 2.25. The van der Waals surface area contributed by atoms with Gasteiger partial charge in [0.2, 0.25) is 10.0 Å². The molecule has 11 nitrogen and oxygen atoms in total. The Morgan fingerprint density at radius 1 is 1.19 bits per heavy atom. The Balaban J connectivity index is 1.29. The lowest BCUT2D eigenvalue weighted by atomic mass is 10.1. The summed E-state index contributed by atoms with van der Waals surface area (Å²) in [5, 5.41) is 19.3. The summed E-state index contributed by atoms with van der Waals surface area (Å²) in [6, 6.07) is 7.27. The zero-order valence-corrected chi connectivity index (χ0v) is 20.7. The molecule has 0 unspecified atom stereocenters. The van der Waals surface area contributed by atoms with Crippen molar-refractivity contribution in [3.05, 3.63) is 77.0 Å². The molecule has 0 saturated heterocycles. The number of fused-ring (bicyclic) bond motifs is 1. The van der Waals surface area contributed by atoms with Gasteiger partial charge in [-0.15, -0.1) is 0 Å². The van der Waals surface area contributed by atoms with Crippen molar-refractivity contribution in [1.82, 2.24) is 24.8 Å². The first-order chi connectivity index (χ1) is 17.7. The highest BCUT2D eigenvalue weighted by molar-refractivity contribution is 7.88. The van der Waals surface area contributed by atoms with Crippen molar-refractivity contribution in [2.45, 2.75) is 37.6 Å². The van der Waals surface area contributed by atoms with Crippen LogP contribution in [0.4, 0.5) is 10.2 Å². The highest BCUT2D eigenvalue weighted by atomic mass is 32.2. The van der Waals surface area contributed by atoms with Crippen molar-refractivity contribution in [1.29, 1.82) is 0 Å². The molecule has 1 amide bonds. The molecule has 0 aliphatic carbocycles. The molecular formula is C24H27FN6O5S. The second-order valence-corrected chi connectivity index (χ2v) is 10.4. The maximum atomic E-state index is 13.0. The number of pyridine rings is 1. The van der Waals surface area contributed by atoms with Crippen LogP contribution in [0.5, 0.6) is 0 Å². The van der Waals surface area contributed by atoms with Crippen molar-refractivity contribution < 1.29 is 27.5 Å². The fraction of sp³-hybridized carbons (Fsp3) is 0.333. The smallest absolute Gasteiger partial charge is 0.323 e. The quantitative estimate of drug-likeness (QED) is 0.289. The van der Waals surface area contributed by atoms with Gasteiger partial charge in [-0.25, -0.2) is 17.8 Å². The van der Waals surface area contributed by atoms with E-state index in [1.165, 1.54) is 30.1 Å². The number of carboxylic acids is 1. The lowest BCUT2D eigenvalue weighted by Gasteiger charge is -2.17. The molecule has 0 fully saturated rings. The van der Waals surface area contributed by atoms with Crippen LogP contribution in [0.3, 0.4) is 0 Å². The first-order valence-electron chi connectivity index (χ1n) is 11.7. The molecule has 3 aromatic rings. The predicted octanol–water partition coefficient (Wildman–Crippen LogP) is 1.32. The van der Waals surface area contributed by atoms with E-state index < -0.39 is 46.1 Å². The normalized spacial score (nSPS) is 13.9. The number of carboxylic acid groups (broad SMARTS) is 1. The fourth-order valence-corrected chi connectivity index (χ4v) is 5.21. The van der Waals surface area contributed by atoms with Crippen molar-refractivity contribution in [3.8, 4) is 0 Å². The summed E-state index contributed by atoms with van der Waals surface area (Å²) >= 11 is 0. The number of halogens is 1. The van der Waals surface area contributed by atoms with Gasteiger partial charge in [-0.3, -0.25) is 14.3 Å². The van der Waals surface area contributed by atoms with Crippen molar-refractivity contribution in [2.75, 3.05) is 18.4 Å². The molecule has 37 heavy (non-hydrogen) atoms. The molecule has 0 bridgehead atoms. The number of sulfonamides is 1. The molecule has 1 atom stereocenters. The summed E-state index contributed by atoms with van der Waals surface area (Å²) in [7, 11) is -4.07. The lowest BCUT2D eigenvalue weighted by molar-refractivity contribution is -0.138. The lowest BCUT2D eigenvalue weighted by Crippen LogP contribution is -2.48. The van der Waals surface area contributed by atoms with Crippen LogP contribution in [0.15, 0.2) is 48.8 Å². The van der Waals surface area contributed by atoms with Gasteiger partial charge >= 0.3 is 5.97 Å². The Kier molecular flexibility index (Phi) is 8.14. The molecular weight excluding hydrogens is 503 g/mol. The minimum Gasteiger partial charge on any atom is -0.480 e. The SMILES string of the molecule is O=C(NC[C@H](NS(=O)(=O)Cc1ccc(F)cc1)C(=O)O)c1cnn(CCc2ccc3c(n2)NCCC3)c1. The minimum atomic E-state index is -4.07. The van der Waals surface area contributed by atoms with Gasteiger partial charge in [0.15, 0.2) is 0 Å². The molecule has 1 aromatic carbocycles. The van der Waals surface area contributed by atoms with Crippen molar-refractivity contribution >= 4 is 27.7 Å². The van der Waals surface area contributed by atoms with E-state index in [1.807, 2.05) is 6.07 Å². The van der Waals surface area contributed by atoms with Crippen LogP contribution < -0.4 is 15.4 Å². The van der Waals surface area contributed by atoms with Crippen LogP contribution in [-0.2, 0) is 40.0 Å². The van der Waals surface area contributed by atoms with E-state index in [0.29, 0.717) is 13.0 Å². The number of nitrogens with one attached hydrogen (secondary N) is 3. The number of aliphatic carboxylic acids is 1. The van der Waals surface area contributed by atoms with Crippen LogP contribution >= 0.6 is 0 Å². The van der Waals surface area contributed by atoms with E-state index >= 15 is 0 Å². The summed E-state index contributed by atoms with van der Waals surface area (Å²) in [5.41, 5.74) is 2.59. The van der Waals surface area contributed by atoms with Gasteiger partial charge in [-0.1, -0.05) is 18.2 Å². The van der Waals surface area contributed by atoms with E-state index in [2.05, 4.69) is 31.5 Å². The Hall–Kier alpha value is -3.84. The molecule has 4 rings (SSSR count). The Labute approximate surface area is 213 Å². The van der Waals surface area contributed by atoms with E-state index in [0.717, 1.165) is 43.0 Å². The van der Waals surface area contributed by atoms with Gasteiger partial charge in [0.25, 0.3) is 5.91 Å². The van der Waals surface area contributed by atoms with Gasteiger partial charge in [0.05, 0.1) is 17.5 Å². The molecule has 196 valence electrons. The third kappa shape index (κ3) is 7.33. The average Bonchev–Trinajstić information content (AvgIpc) is 3.35. The molecule has 0 spiro atoms. The third-order valence-electron chi connectivity index (χ3n) is 5.80. The topological polar surface area (TPSA) is 155 Å². The van der Waals surface area contributed by atoms with Crippen LogP contribution in [0.2, 0.25) is 0 Å². The zero-order chi connectivity index (χ0) is 26.4. The Morgan fingerprint density at radius 3 is 2.73 bits per heavy atom. The van der Waals surface area contributed by atoms with Crippen LogP contribution in [-0.4, -0.2) is 59.3 Å². The number of anilines is 1. The number of rotatable bonds is 11. The maximum absolute atomic E-state index is 13.0. The predicted molar refractivity (Wildman–Crippen MR) is 133 cm³/mol. The van der Waals surface area contributed by atoms with Crippen molar-refractivity contribution in [3.63, 3.8) is 0 Å². The molecule has 4 N–H and O–H groups in total. The van der Waals surface area contributed by atoms with Gasteiger partial charge in [0.1, 0.15) is 17.7 Å². The summed E-state index contributed by atoms with van der Waals surface area (Å²) < 4.78 is 41.4. The maximum Gasteiger partial charge on any atom is 0.323 e. The number of nitrogens with zero attached hydrogens (tertiary/aromatic N) is 3. The highest BCUT2D eigenvalue weighted by Crippen LogP contribution is 2.20. The number of aromatic nitrogens is 3. The second-order valence-electron chi connectivity index (χ2n) is 8.69. The van der Waals surface area contributed by atoms with Crippen LogP contribution in [0, 0.1) is 5.82 Å². The second kappa shape index (κ2) is 11.5. The van der Waals surface area contributed by atoms with E-state index in [-0.39, 0.29) is 11.1 Å². The molecule has 0 saturated carbocycles. The van der Waals surface area contributed by atoms with Crippen LogP contribution in [0.1, 0.15) is 33.6 Å². The van der Waals surface area contributed by atoms with Crippen molar-refractivity contribution in [2.24, 2.45) is 0 Å². The van der Waals surface area contributed by atoms with Gasteiger partial charge in [-0.2, -0.15) is 9.82 Å². The first kappa shape index (κ1) is 26.2.